The third-order valence-electron chi connectivity index (χ3n) is 5.40. The largest absolute Gasteiger partial charge is 0.466 e. The molecule has 1 atom stereocenters. The van der Waals surface area contributed by atoms with Gasteiger partial charge in [-0.2, -0.15) is 0 Å². The molecule has 1 aromatic carbocycles. The van der Waals surface area contributed by atoms with Gasteiger partial charge < -0.3 is 9.72 Å². The summed E-state index contributed by atoms with van der Waals surface area (Å²) in [4.78, 5) is 46.0. The van der Waals surface area contributed by atoms with Crippen molar-refractivity contribution in [3.63, 3.8) is 0 Å². The Kier molecular flexibility index (Phi) is 4.95. The van der Waals surface area contributed by atoms with Gasteiger partial charge in [0.2, 0.25) is 5.91 Å². The molecule has 152 valence electrons. The zero-order valence-electron chi connectivity index (χ0n) is 16.9. The van der Waals surface area contributed by atoms with Crippen molar-refractivity contribution in [3.05, 3.63) is 65.8 Å². The molecule has 3 aromatic rings. The number of ketones is 1. The molecule has 1 N–H and O–H groups in total. The van der Waals surface area contributed by atoms with Gasteiger partial charge in [-0.3, -0.25) is 19.5 Å². The molecule has 1 amide bonds. The first-order valence-electron chi connectivity index (χ1n) is 9.56. The minimum absolute atomic E-state index is 0.218. The summed E-state index contributed by atoms with van der Waals surface area (Å²) in [7, 11) is 1.28. The van der Waals surface area contributed by atoms with Gasteiger partial charge in [-0.15, -0.1) is 0 Å². The van der Waals surface area contributed by atoms with Crippen molar-refractivity contribution in [2.45, 2.75) is 20.3 Å². The van der Waals surface area contributed by atoms with E-state index in [1.807, 2.05) is 30.3 Å². The van der Waals surface area contributed by atoms with E-state index in [0.717, 1.165) is 27.5 Å². The molecule has 4 rings (SSSR count). The van der Waals surface area contributed by atoms with Gasteiger partial charge in [-0.1, -0.05) is 18.2 Å². The number of allylic oxidation sites excluding steroid dienone is 1. The molecule has 7 nitrogen and oxygen atoms in total. The van der Waals surface area contributed by atoms with Crippen molar-refractivity contribution in [2.75, 3.05) is 7.11 Å². The van der Waals surface area contributed by atoms with Gasteiger partial charge in [-0.25, -0.2) is 4.79 Å². The number of carbonyl (C=O) groups excluding carboxylic acids is 3. The number of hydrogen-bond acceptors (Lipinski definition) is 5. The fourth-order valence-corrected chi connectivity index (χ4v) is 3.91. The summed E-state index contributed by atoms with van der Waals surface area (Å²) in [5, 5.41) is 2.10. The number of hydrogen-bond donors (Lipinski definition) is 1. The smallest absolute Gasteiger partial charge is 0.335 e. The molecular formula is C23H21N3O4. The summed E-state index contributed by atoms with van der Waals surface area (Å²) < 4.78 is 4.94. The predicted molar refractivity (Wildman–Crippen MR) is 112 cm³/mol. The number of ether oxygens (including phenoxy) is 1. The number of rotatable bonds is 4. The average Bonchev–Trinajstić information content (AvgIpc) is 3.12. The maximum atomic E-state index is 12.5. The second-order valence-electron chi connectivity index (χ2n) is 7.25. The number of carbonyl (C=O) groups is 3. The lowest BCUT2D eigenvalue weighted by Gasteiger charge is -2.28. The molecule has 1 aliphatic heterocycles. The molecule has 0 bridgehead atoms. The molecule has 2 aromatic heterocycles. The van der Waals surface area contributed by atoms with Crippen LogP contribution >= 0.6 is 0 Å². The molecule has 1 aliphatic rings. The molecule has 0 fully saturated rings. The van der Waals surface area contributed by atoms with Crippen molar-refractivity contribution in [2.24, 2.45) is 5.92 Å². The van der Waals surface area contributed by atoms with E-state index in [4.69, 9.17) is 4.74 Å². The predicted octanol–water partition coefficient (Wildman–Crippen LogP) is 3.27. The summed E-state index contributed by atoms with van der Waals surface area (Å²) in [6, 6.07) is 9.89. The molecule has 0 spiro atoms. The highest BCUT2D eigenvalue weighted by Gasteiger charge is 2.33. The van der Waals surface area contributed by atoms with E-state index in [9.17, 15) is 14.4 Å². The van der Waals surface area contributed by atoms with Crippen LogP contribution in [0, 0.1) is 5.92 Å². The Balaban J connectivity index is 1.84. The highest BCUT2D eigenvalue weighted by molar-refractivity contribution is 6.08. The molecule has 0 aliphatic carbocycles. The maximum absolute atomic E-state index is 12.5. The lowest BCUT2D eigenvalue weighted by molar-refractivity contribution is -0.136. The number of amides is 1. The van der Waals surface area contributed by atoms with Crippen molar-refractivity contribution in [1.82, 2.24) is 14.9 Å². The zero-order chi connectivity index (χ0) is 21.4. The van der Waals surface area contributed by atoms with Crippen LogP contribution in [0.5, 0.6) is 0 Å². The molecular weight excluding hydrogens is 382 g/mol. The van der Waals surface area contributed by atoms with E-state index >= 15 is 0 Å². The Morgan fingerprint density at radius 1 is 1.07 bits per heavy atom. The van der Waals surface area contributed by atoms with Crippen molar-refractivity contribution >= 4 is 39.5 Å². The Morgan fingerprint density at radius 3 is 2.50 bits per heavy atom. The van der Waals surface area contributed by atoms with E-state index in [-0.39, 0.29) is 17.3 Å². The van der Waals surface area contributed by atoms with Crippen LogP contribution in [0.15, 0.2) is 60.1 Å². The Morgan fingerprint density at radius 2 is 1.80 bits per heavy atom. The van der Waals surface area contributed by atoms with Gasteiger partial charge in [-0.05, 0) is 19.1 Å². The first-order valence-corrected chi connectivity index (χ1v) is 9.56. The Labute approximate surface area is 173 Å². The summed E-state index contributed by atoms with van der Waals surface area (Å²) >= 11 is 0. The van der Waals surface area contributed by atoms with E-state index in [0.29, 0.717) is 12.0 Å². The van der Waals surface area contributed by atoms with Gasteiger partial charge in [0.05, 0.1) is 23.9 Å². The summed E-state index contributed by atoms with van der Waals surface area (Å²) in [5.74, 6) is -1.67. The van der Waals surface area contributed by atoms with E-state index in [1.165, 1.54) is 38.3 Å². The standard InChI is InChI=1S/C23H21N3O4/c1-13(27)18-11-26(14(2)28)12-19(23(29)30-3)17(18)10-21-22-16(8-9-24-21)15-6-4-5-7-20(15)25-22/h4-9,11-12,17,25H,10H2,1-3H3. The summed E-state index contributed by atoms with van der Waals surface area (Å²) in [5.41, 5.74) is 3.18. The topological polar surface area (TPSA) is 92.4 Å². The molecule has 0 radical (unpaired) electrons. The second-order valence-corrected chi connectivity index (χ2v) is 7.25. The Bertz CT molecular complexity index is 1250. The summed E-state index contributed by atoms with van der Waals surface area (Å²) in [6.45, 7) is 2.79. The molecule has 0 saturated heterocycles. The highest BCUT2D eigenvalue weighted by Crippen LogP contribution is 2.34. The lowest BCUT2D eigenvalue weighted by Crippen LogP contribution is -2.31. The Hall–Kier alpha value is -3.74. The molecule has 1 unspecified atom stereocenters. The van der Waals surface area contributed by atoms with Crippen molar-refractivity contribution in [3.8, 4) is 0 Å². The number of benzene rings is 1. The van der Waals surface area contributed by atoms with Gasteiger partial charge in [0, 0.05) is 59.7 Å². The number of aromatic nitrogens is 2. The molecule has 30 heavy (non-hydrogen) atoms. The number of methoxy groups -OCH3 is 1. The molecule has 3 heterocycles. The third-order valence-corrected chi connectivity index (χ3v) is 5.40. The second kappa shape index (κ2) is 7.59. The summed E-state index contributed by atoms with van der Waals surface area (Å²) in [6.07, 6.45) is 4.97. The van der Waals surface area contributed by atoms with Crippen LogP contribution in [0.1, 0.15) is 19.5 Å². The number of nitrogens with zero attached hydrogens (tertiary/aromatic N) is 2. The lowest BCUT2D eigenvalue weighted by atomic mass is 9.83. The molecule has 7 heteroatoms. The van der Waals surface area contributed by atoms with Crippen LogP contribution in [0.4, 0.5) is 0 Å². The monoisotopic (exact) mass is 403 g/mol. The number of pyridine rings is 1. The van der Waals surface area contributed by atoms with Crippen LogP contribution in [0.2, 0.25) is 0 Å². The van der Waals surface area contributed by atoms with Gasteiger partial charge in [0.1, 0.15) is 0 Å². The van der Waals surface area contributed by atoms with E-state index in [1.54, 1.807) is 6.20 Å². The number of Topliss-reactive ketones (excluding diaryl/α,β-unsaturated/α-hetero) is 1. The normalized spacial score (nSPS) is 16.4. The number of para-hydroxylation sites is 1. The van der Waals surface area contributed by atoms with Gasteiger partial charge in [0.25, 0.3) is 0 Å². The average molecular weight is 403 g/mol. The first-order chi connectivity index (χ1) is 14.4. The fraction of sp³-hybridized carbons (Fsp3) is 0.217. The first kappa shape index (κ1) is 19.6. The van der Waals surface area contributed by atoms with Crippen LogP contribution < -0.4 is 0 Å². The number of fused-ring (bicyclic) bond motifs is 3. The quantitative estimate of drug-likeness (QED) is 0.675. The third kappa shape index (κ3) is 3.28. The van der Waals surface area contributed by atoms with Gasteiger partial charge >= 0.3 is 5.97 Å². The van der Waals surface area contributed by atoms with E-state index in [2.05, 4.69) is 9.97 Å². The minimum Gasteiger partial charge on any atom is -0.466 e. The fourth-order valence-electron chi connectivity index (χ4n) is 3.91. The van der Waals surface area contributed by atoms with E-state index < -0.39 is 11.9 Å². The van der Waals surface area contributed by atoms with Crippen LogP contribution in [0.25, 0.3) is 21.8 Å². The minimum atomic E-state index is -0.582. The SMILES string of the molecule is COC(=O)C1=CN(C(C)=O)C=C(C(C)=O)C1Cc1nccc2c1[nH]c1ccccc12. The van der Waals surface area contributed by atoms with Crippen molar-refractivity contribution in [1.29, 1.82) is 0 Å². The molecule has 0 saturated carbocycles. The van der Waals surface area contributed by atoms with Gasteiger partial charge in [0.15, 0.2) is 5.78 Å². The highest BCUT2D eigenvalue weighted by atomic mass is 16.5. The zero-order valence-corrected chi connectivity index (χ0v) is 16.9. The number of esters is 1. The van der Waals surface area contributed by atoms with Crippen LogP contribution in [0.3, 0.4) is 0 Å². The van der Waals surface area contributed by atoms with Crippen molar-refractivity contribution < 1.29 is 19.1 Å². The maximum Gasteiger partial charge on any atom is 0.335 e. The number of aromatic amines is 1. The number of H-pyrrole nitrogens is 1. The van der Waals surface area contributed by atoms with Crippen LogP contribution in [-0.2, 0) is 25.5 Å². The number of nitrogens with one attached hydrogen (secondary N) is 1. The van der Waals surface area contributed by atoms with Crippen LogP contribution in [-0.4, -0.2) is 39.6 Å².